The van der Waals surface area contributed by atoms with Gasteiger partial charge in [0.1, 0.15) is 17.9 Å². The van der Waals surface area contributed by atoms with Gasteiger partial charge in [0.25, 0.3) is 5.56 Å². The summed E-state index contributed by atoms with van der Waals surface area (Å²) in [6, 6.07) is 0.243. The summed E-state index contributed by atoms with van der Waals surface area (Å²) >= 11 is 0. The second-order valence-corrected chi connectivity index (χ2v) is 9.82. The summed E-state index contributed by atoms with van der Waals surface area (Å²) in [7, 11) is 3.01. The highest BCUT2D eigenvalue weighted by Crippen LogP contribution is 2.27. The van der Waals surface area contributed by atoms with Gasteiger partial charge in [0.15, 0.2) is 5.65 Å². The lowest BCUT2D eigenvalue weighted by Gasteiger charge is -2.38. The van der Waals surface area contributed by atoms with Crippen LogP contribution in [0.25, 0.3) is 11.2 Å². The number of piperidine rings is 1. The van der Waals surface area contributed by atoms with E-state index in [0.29, 0.717) is 61.9 Å². The van der Waals surface area contributed by atoms with Crippen LogP contribution in [0.1, 0.15) is 51.8 Å². The average molecular weight is 475 g/mol. The molecular weight excluding hydrogens is 440 g/mol. The number of carbonyl (C=O) groups is 2. The lowest BCUT2D eigenvalue weighted by Crippen LogP contribution is -2.50. The first-order valence-corrected chi connectivity index (χ1v) is 12.0. The normalized spacial score (nSPS) is 19.4. The van der Waals surface area contributed by atoms with Crippen molar-refractivity contribution in [2.45, 2.75) is 64.5 Å². The zero-order chi connectivity index (χ0) is 24.6. The molecule has 2 aromatic heterocycles. The van der Waals surface area contributed by atoms with Gasteiger partial charge in [-0.1, -0.05) is 13.8 Å². The van der Waals surface area contributed by atoms with Crippen LogP contribution in [0.2, 0.25) is 0 Å². The van der Waals surface area contributed by atoms with Gasteiger partial charge in [0, 0.05) is 46.1 Å². The number of cyclic esters (lactones) is 1. The molecule has 11 heteroatoms. The smallest absolute Gasteiger partial charge is 0.410 e. The van der Waals surface area contributed by atoms with Gasteiger partial charge in [0.2, 0.25) is 5.91 Å². The Morgan fingerprint density at radius 3 is 2.53 bits per heavy atom. The first-order chi connectivity index (χ1) is 16.2. The van der Waals surface area contributed by atoms with Crippen LogP contribution in [0, 0.1) is 5.92 Å². The number of ether oxygens (including phenoxy) is 1. The number of H-pyrrole nitrogens is 1. The minimum Gasteiger partial charge on any atom is -0.447 e. The molecule has 0 bridgehead atoms. The van der Waals surface area contributed by atoms with E-state index in [-0.39, 0.29) is 24.1 Å². The van der Waals surface area contributed by atoms with E-state index >= 15 is 0 Å². The van der Waals surface area contributed by atoms with Crippen LogP contribution in [0.15, 0.2) is 9.59 Å². The second kappa shape index (κ2) is 9.63. The molecule has 0 saturated carbocycles. The Bertz CT molecular complexity index is 1190. The van der Waals surface area contributed by atoms with Gasteiger partial charge in [-0.2, -0.15) is 0 Å². The summed E-state index contributed by atoms with van der Waals surface area (Å²) in [5, 5.41) is 0. The lowest BCUT2D eigenvalue weighted by molar-refractivity contribution is -0.132. The number of aryl methyl sites for hydroxylation is 2. The van der Waals surface area contributed by atoms with Crippen molar-refractivity contribution in [1.82, 2.24) is 28.9 Å². The van der Waals surface area contributed by atoms with Crippen LogP contribution in [-0.4, -0.2) is 72.7 Å². The third-order valence-corrected chi connectivity index (χ3v) is 6.91. The first kappa shape index (κ1) is 24.0. The summed E-state index contributed by atoms with van der Waals surface area (Å²) in [6.07, 6.45) is 3.68. The number of carbonyl (C=O) groups excluding carboxylic acids is 2. The molecule has 0 radical (unpaired) electrons. The topological polar surface area (TPSA) is 123 Å². The quantitative estimate of drug-likeness (QED) is 0.642. The molecule has 34 heavy (non-hydrogen) atoms. The first-order valence-electron chi connectivity index (χ1n) is 12.0. The summed E-state index contributed by atoms with van der Waals surface area (Å²) in [6.45, 7) is 6.01. The molecule has 0 aromatic carbocycles. The maximum Gasteiger partial charge on any atom is 0.410 e. The maximum absolute atomic E-state index is 12.8. The van der Waals surface area contributed by atoms with Crippen molar-refractivity contribution in [2.75, 3.05) is 19.7 Å². The Labute approximate surface area is 197 Å². The summed E-state index contributed by atoms with van der Waals surface area (Å²) in [4.78, 5) is 60.6. The largest absolute Gasteiger partial charge is 0.447 e. The highest BCUT2D eigenvalue weighted by Gasteiger charge is 2.39. The van der Waals surface area contributed by atoms with Crippen LogP contribution in [-0.2, 0) is 30.0 Å². The third kappa shape index (κ3) is 4.60. The monoisotopic (exact) mass is 474 g/mol. The van der Waals surface area contributed by atoms with E-state index in [9.17, 15) is 19.2 Å². The summed E-state index contributed by atoms with van der Waals surface area (Å²) < 4.78 is 7.70. The molecular formula is C23H34N6O5. The van der Waals surface area contributed by atoms with Crippen LogP contribution in [0.5, 0.6) is 0 Å². The second-order valence-electron chi connectivity index (χ2n) is 9.82. The van der Waals surface area contributed by atoms with Gasteiger partial charge >= 0.3 is 11.8 Å². The predicted molar refractivity (Wildman–Crippen MR) is 126 cm³/mol. The van der Waals surface area contributed by atoms with Gasteiger partial charge in [0.05, 0.1) is 6.04 Å². The van der Waals surface area contributed by atoms with Gasteiger partial charge in [-0.3, -0.25) is 23.6 Å². The van der Waals surface area contributed by atoms with Crippen molar-refractivity contribution in [3.05, 3.63) is 26.7 Å². The number of rotatable bonds is 7. The molecule has 2 aliphatic heterocycles. The fourth-order valence-corrected chi connectivity index (χ4v) is 5.10. The molecule has 1 atom stereocenters. The van der Waals surface area contributed by atoms with Crippen molar-refractivity contribution >= 4 is 23.2 Å². The van der Waals surface area contributed by atoms with E-state index in [2.05, 4.69) is 23.8 Å². The summed E-state index contributed by atoms with van der Waals surface area (Å²) in [5.41, 5.74) is -0.211. The molecule has 2 aromatic rings. The number of imidazole rings is 1. The van der Waals surface area contributed by atoms with Gasteiger partial charge in [-0.05, 0) is 31.6 Å². The fraction of sp³-hybridized carbons (Fsp3) is 0.696. The van der Waals surface area contributed by atoms with Gasteiger partial charge in [-0.15, -0.1) is 0 Å². The van der Waals surface area contributed by atoms with E-state index < -0.39 is 11.2 Å². The number of aromatic nitrogens is 4. The van der Waals surface area contributed by atoms with E-state index in [1.54, 1.807) is 7.05 Å². The number of likely N-dealkylation sites (tertiary alicyclic amines) is 1. The number of hydrogen-bond acceptors (Lipinski definition) is 6. The van der Waals surface area contributed by atoms with Crippen LogP contribution < -0.4 is 11.2 Å². The van der Waals surface area contributed by atoms with Crippen LogP contribution in [0.3, 0.4) is 0 Å². The SMILES string of the molecule is CC(C)CC1COC(=O)N1C1CCN(C(=O)CCCc2nc3c([nH]2)c(=O)n(C)c(=O)n3C)CC1. The molecule has 1 N–H and O–H groups in total. The van der Waals surface area contributed by atoms with Gasteiger partial charge in [-0.25, -0.2) is 14.6 Å². The van der Waals surface area contributed by atoms with E-state index in [0.717, 1.165) is 23.8 Å². The lowest BCUT2D eigenvalue weighted by atomic mass is 9.98. The van der Waals surface area contributed by atoms with E-state index in [1.807, 2.05) is 9.80 Å². The third-order valence-electron chi connectivity index (χ3n) is 6.91. The number of aromatic amines is 1. The molecule has 2 saturated heterocycles. The van der Waals surface area contributed by atoms with Crippen LogP contribution >= 0.6 is 0 Å². The van der Waals surface area contributed by atoms with E-state index in [4.69, 9.17) is 4.74 Å². The van der Waals surface area contributed by atoms with Crippen molar-refractivity contribution in [3.8, 4) is 0 Å². The average Bonchev–Trinajstić information content (AvgIpc) is 3.39. The standard InChI is InChI=1S/C23H34N6O5/c1-14(2)12-16-13-34-23(33)29(16)15-8-10-28(11-9-15)18(30)7-5-6-17-24-19-20(25-17)26(3)22(32)27(4)21(19)31/h14-16H,5-13H2,1-4H3,(H,24,25). The molecule has 4 heterocycles. The molecule has 2 fully saturated rings. The number of hydrogen-bond donors (Lipinski definition) is 1. The Hall–Kier alpha value is -3.11. The van der Waals surface area contributed by atoms with Crippen molar-refractivity contribution in [3.63, 3.8) is 0 Å². The fourth-order valence-electron chi connectivity index (χ4n) is 5.10. The molecule has 1 unspecified atom stereocenters. The molecule has 2 amide bonds. The Balaban J connectivity index is 1.29. The molecule has 4 rings (SSSR count). The minimum atomic E-state index is -0.424. The highest BCUT2D eigenvalue weighted by atomic mass is 16.6. The molecule has 186 valence electrons. The van der Waals surface area contributed by atoms with Crippen molar-refractivity contribution < 1.29 is 14.3 Å². The minimum absolute atomic E-state index is 0.0839. The summed E-state index contributed by atoms with van der Waals surface area (Å²) in [5.74, 6) is 1.16. The highest BCUT2D eigenvalue weighted by molar-refractivity contribution is 5.76. The molecule has 0 aliphatic carbocycles. The number of nitrogens with one attached hydrogen (secondary N) is 1. The predicted octanol–water partition coefficient (Wildman–Crippen LogP) is 1.14. The van der Waals surface area contributed by atoms with Crippen molar-refractivity contribution in [1.29, 1.82) is 0 Å². The zero-order valence-corrected chi connectivity index (χ0v) is 20.4. The number of nitrogens with zero attached hydrogens (tertiary/aromatic N) is 5. The number of amides is 2. The molecule has 0 spiro atoms. The molecule has 2 aliphatic rings. The Morgan fingerprint density at radius 1 is 1.15 bits per heavy atom. The maximum atomic E-state index is 12.8. The van der Waals surface area contributed by atoms with Crippen LogP contribution in [0.4, 0.5) is 4.79 Å². The van der Waals surface area contributed by atoms with Crippen molar-refractivity contribution in [2.24, 2.45) is 20.0 Å². The van der Waals surface area contributed by atoms with E-state index in [1.165, 1.54) is 11.6 Å². The van der Waals surface area contributed by atoms with Gasteiger partial charge < -0.3 is 14.6 Å². The zero-order valence-electron chi connectivity index (χ0n) is 20.4. The Morgan fingerprint density at radius 2 is 1.85 bits per heavy atom. The Kier molecular flexibility index (Phi) is 6.81. The molecule has 11 nitrogen and oxygen atoms in total. The number of fused-ring (bicyclic) bond motifs is 1.